The average molecular weight is 181 g/mol. The van der Waals surface area contributed by atoms with Gasteiger partial charge in [-0.25, -0.2) is 0 Å². The van der Waals surface area contributed by atoms with Crippen molar-refractivity contribution in [3.63, 3.8) is 0 Å². The maximum Gasteiger partial charge on any atom is 0.0991 e. The summed E-state index contributed by atoms with van der Waals surface area (Å²) >= 11 is 0. The Labute approximate surface area is 80.2 Å². The standard InChI is InChI=1S/C10H19N3/c1-13-6-5-12-10(13)7-9-3-2-4-11-8-9/h9,11H,2-8H2,1H3. The summed E-state index contributed by atoms with van der Waals surface area (Å²) < 4.78 is 0. The van der Waals surface area contributed by atoms with Crippen LogP contribution in [0.15, 0.2) is 4.99 Å². The molecule has 2 aliphatic heterocycles. The predicted octanol–water partition coefficient (Wildman–Crippen LogP) is 0.720. The van der Waals surface area contributed by atoms with Crippen LogP contribution in [0.25, 0.3) is 0 Å². The fourth-order valence-electron chi connectivity index (χ4n) is 2.16. The van der Waals surface area contributed by atoms with E-state index in [0.29, 0.717) is 0 Å². The molecule has 0 aromatic heterocycles. The number of likely N-dealkylation sites (N-methyl/N-ethyl adjacent to an activating group) is 1. The zero-order valence-corrected chi connectivity index (χ0v) is 8.42. The molecule has 0 aliphatic carbocycles. The minimum atomic E-state index is 0.827. The third-order valence-corrected chi connectivity index (χ3v) is 3.04. The minimum Gasteiger partial charge on any atom is -0.362 e. The molecule has 2 heterocycles. The molecule has 1 N–H and O–H groups in total. The lowest BCUT2D eigenvalue weighted by Crippen LogP contribution is -2.33. The molecule has 0 aromatic rings. The smallest absolute Gasteiger partial charge is 0.0991 e. The molecule has 0 bridgehead atoms. The quantitative estimate of drug-likeness (QED) is 0.680. The third-order valence-electron chi connectivity index (χ3n) is 3.04. The molecule has 2 rings (SSSR count). The summed E-state index contributed by atoms with van der Waals surface area (Å²) in [6, 6.07) is 0. The van der Waals surface area contributed by atoms with Crippen molar-refractivity contribution in [3.05, 3.63) is 0 Å². The molecule has 0 radical (unpaired) electrons. The zero-order chi connectivity index (χ0) is 9.10. The topological polar surface area (TPSA) is 27.6 Å². The van der Waals surface area contributed by atoms with E-state index in [1.165, 1.54) is 38.2 Å². The molecule has 0 spiro atoms. The second kappa shape index (κ2) is 4.09. The van der Waals surface area contributed by atoms with Crippen molar-refractivity contribution < 1.29 is 0 Å². The Hall–Kier alpha value is -0.570. The molecule has 74 valence electrons. The molecule has 1 atom stereocenters. The molecular formula is C10H19N3. The van der Waals surface area contributed by atoms with Gasteiger partial charge in [-0.3, -0.25) is 4.99 Å². The van der Waals surface area contributed by atoms with Gasteiger partial charge in [0, 0.05) is 20.0 Å². The van der Waals surface area contributed by atoms with E-state index < -0.39 is 0 Å². The Morgan fingerprint density at radius 1 is 1.62 bits per heavy atom. The zero-order valence-electron chi connectivity index (χ0n) is 8.42. The van der Waals surface area contributed by atoms with Crippen LogP contribution in [0.1, 0.15) is 19.3 Å². The molecule has 3 nitrogen and oxygen atoms in total. The van der Waals surface area contributed by atoms with E-state index in [0.717, 1.165) is 19.0 Å². The Kier molecular flexibility index (Phi) is 2.83. The normalized spacial score (nSPS) is 29.2. The minimum absolute atomic E-state index is 0.827. The highest BCUT2D eigenvalue weighted by Gasteiger charge is 2.19. The van der Waals surface area contributed by atoms with Gasteiger partial charge in [-0.15, -0.1) is 0 Å². The van der Waals surface area contributed by atoms with Gasteiger partial charge >= 0.3 is 0 Å². The first-order valence-corrected chi connectivity index (χ1v) is 5.31. The Bertz CT molecular complexity index is 194. The Morgan fingerprint density at radius 2 is 2.54 bits per heavy atom. The molecule has 3 heteroatoms. The average Bonchev–Trinajstić information content (AvgIpc) is 2.54. The lowest BCUT2D eigenvalue weighted by atomic mass is 9.95. The van der Waals surface area contributed by atoms with Crippen LogP contribution in [0.2, 0.25) is 0 Å². The van der Waals surface area contributed by atoms with E-state index >= 15 is 0 Å². The van der Waals surface area contributed by atoms with Gasteiger partial charge in [-0.05, 0) is 31.8 Å². The van der Waals surface area contributed by atoms with Crippen molar-refractivity contribution in [2.75, 3.05) is 33.2 Å². The van der Waals surface area contributed by atoms with Crippen LogP contribution in [0.5, 0.6) is 0 Å². The SMILES string of the molecule is CN1CCN=C1CC1CCCNC1. The number of rotatable bonds is 2. The lowest BCUT2D eigenvalue weighted by molar-refractivity contribution is 0.378. The van der Waals surface area contributed by atoms with Gasteiger partial charge in [0.2, 0.25) is 0 Å². The van der Waals surface area contributed by atoms with Crippen LogP contribution in [0.4, 0.5) is 0 Å². The van der Waals surface area contributed by atoms with E-state index in [1.54, 1.807) is 0 Å². The van der Waals surface area contributed by atoms with Crippen molar-refractivity contribution >= 4 is 5.84 Å². The number of hydrogen-bond acceptors (Lipinski definition) is 3. The van der Waals surface area contributed by atoms with E-state index in [-0.39, 0.29) is 0 Å². The van der Waals surface area contributed by atoms with Crippen molar-refractivity contribution in [1.82, 2.24) is 10.2 Å². The van der Waals surface area contributed by atoms with E-state index in [1.807, 2.05) is 0 Å². The van der Waals surface area contributed by atoms with Crippen LogP contribution in [-0.2, 0) is 0 Å². The first kappa shape index (κ1) is 9.00. The first-order valence-electron chi connectivity index (χ1n) is 5.31. The predicted molar refractivity (Wildman–Crippen MR) is 55.1 cm³/mol. The molecule has 1 saturated heterocycles. The van der Waals surface area contributed by atoms with Crippen molar-refractivity contribution in [3.8, 4) is 0 Å². The number of piperidine rings is 1. The van der Waals surface area contributed by atoms with Crippen molar-refractivity contribution in [1.29, 1.82) is 0 Å². The van der Waals surface area contributed by atoms with E-state index in [9.17, 15) is 0 Å². The summed E-state index contributed by atoms with van der Waals surface area (Å²) in [4.78, 5) is 6.83. The monoisotopic (exact) mass is 181 g/mol. The van der Waals surface area contributed by atoms with Crippen LogP contribution in [-0.4, -0.2) is 44.0 Å². The van der Waals surface area contributed by atoms with E-state index in [4.69, 9.17) is 0 Å². The molecule has 13 heavy (non-hydrogen) atoms. The second-order valence-corrected chi connectivity index (χ2v) is 4.14. The number of nitrogens with one attached hydrogen (secondary N) is 1. The van der Waals surface area contributed by atoms with E-state index in [2.05, 4.69) is 22.3 Å². The van der Waals surface area contributed by atoms with Gasteiger partial charge in [0.05, 0.1) is 12.4 Å². The maximum atomic E-state index is 4.53. The van der Waals surface area contributed by atoms with Crippen molar-refractivity contribution in [2.45, 2.75) is 19.3 Å². The second-order valence-electron chi connectivity index (χ2n) is 4.14. The summed E-state index contributed by atoms with van der Waals surface area (Å²) in [5, 5.41) is 3.45. The molecule has 0 aromatic carbocycles. The first-order chi connectivity index (χ1) is 6.36. The summed E-state index contributed by atoms with van der Waals surface area (Å²) in [5.41, 5.74) is 0. The summed E-state index contributed by atoms with van der Waals surface area (Å²) in [7, 11) is 2.15. The largest absolute Gasteiger partial charge is 0.362 e. The Balaban J connectivity index is 1.82. The van der Waals surface area contributed by atoms with Gasteiger partial charge in [0.15, 0.2) is 0 Å². The van der Waals surface area contributed by atoms with Crippen LogP contribution in [0, 0.1) is 5.92 Å². The summed E-state index contributed by atoms with van der Waals surface area (Å²) in [6.07, 6.45) is 3.89. The third kappa shape index (κ3) is 2.21. The number of amidine groups is 1. The molecule has 0 amide bonds. The Morgan fingerprint density at radius 3 is 3.15 bits per heavy atom. The molecule has 0 saturated carbocycles. The highest BCUT2D eigenvalue weighted by molar-refractivity contribution is 5.83. The van der Waals surface area contributed by atoms with Gasteiger partial charge in [0.25, 0.3) is 0 Å². The van der Waals surface area contributed by atoms with Crippen LogP contribution >= 0.6 is 0 Å². The molecular weight excluding hydrogens is 162 g/mol. The summed E-state index contributed by atoms with van der Waals surface area (Å²) in [6.45, 7) is 4.52. The summed E-state index contributed by atoms with van der Waals surface area (Å²) in [5.74, 6) is 2.15. The van der Waals surface area contributed by atoms with Gasteiger partial charge in [-0.2, -0.15) is 0 Å². The number of nitrogens with zero attached hydrogens (tertiary/aromatic N) is 2. The fourth-order valence-corrected chi connectivity index (χ4v) is 2.16. The molecule has 1 unspecified atom stereocenters. The fraction of sp³-hybridized carbons (Fsp3) is 0.900. The number of aliphatic imine (C=N–C) groups is 1. The highest BCUT2D eigenvalue weighted by Crippen LogP contribution is 2.17. The van der Waals surface area contributed by atoms with Crippen LogP contribution < -0.4 is 5.32 Å². The molecule has 1 fully saturated rings. The highest BCUT2D eigenvalue weighted by atomic mass is 15.2. The maximum absolute atomic E-state index is 4.53. The van der Waals surface area contributed by atoms with Crippen molar-refractivity contribution in [2.24, 2.45) is 10.9 Å². The number of hydrogen-bond donors (Lipinski definition) is 1. The van der Waals surface area contributed by atoms with Gasteiger partial charge in [0.1, 0.15) is 0 Å². The molecule has 2 aliphatic rings. The lowest BCUT2D eigenvalue weighted by Gasteiger charge is -2.24. The van der Waals surface area contributed by atoms with Gasteiger partial charge in [-0.1, -0.05) is 0 Å². The van der Waals surface area contributed by atoms with Gasteiger partial charge < -0.3 is 10.2 Å². The van der Waals surface area contributed by atoms with Crippen LogP contribution in [0.3, 0.4) is 0 Å².